The maximum absolute atomic E-state index is 13.5. The summed E-state index contributed by atoms with van der Waals surface area (Å²) in [5.74, 6) is -1.21. The van der Waals surface area contributed by atoms with Crippen LogP contribution in [-0.4, -0.2) is 43.4 Å². The fraction of sp³-hybridized carbons (Fsp3) is 0.286. The highest BCUT2D eigenvalue weighted by atomic mass is 19.2. The van der Waals surface area contributed by atoms with Crippen LogP contribution in [0.15, 0.2) is 54.7 Å². The highest BCUT2D eigenvalue weighted by molar-refractivity contribution is 6.01. The van der Waals surface area contributed by atoms with Crippen molar-refractivity contribution in [2.24, 2.45) is 0 Å². The Balaban J connectivity index is 1.42. The summed E-state index contributed by atoms with van der Waals surface area (Å²) in [6.45, 7) is 6.01. The van der Waals surface area contributed by atoms with Gasteiger partial charge in [0.2, 0.25) is 5.82 Å². The Bertz CT molecular complexity index is 1430. The molecule has 0 atom stereocenters. The lowest BCUT2D eigenvalue weighted by Crippen LogP contribution is -2.19. The summed E-state index contributed by atoms with van der Waals surface area (Å²) in [6, 6.07) is 12.9. The third-order valence-corrected chi connectivity index (χ3v) is 5.81. The largest absolute Gasteiger partial charge is 0.494 e. The molecule has 0 unspecified atom stereocenters. The quantitative estimate of drug-likeness (QED) is 0.247. The number of nitrogens with one attached hydrogen (secondary N) is 2. The highest BCUT2D eigenvalue weighted by Gasteiger charge is 2.16. The Hall–Kier alpha value is -4.18. The van der Waals surface area contributed by atoms with E-state index in [1.807, 2.05) is 31.2 Å². The van der Waals surface area contributed by atoms with Crippen LogP contribution >= 0.6 is 0 Å². The van der Waals surface area contributed by atoms with Crippen molar-refractivity contribution in [2.75, 3.05) is 11.9 Å². The Kier molecular flexibility index (Phi) is 8.11. The van der Waals surface area contributed by atoms with Gasteiger partial charge in [-0.1, -0.05) is 12.1 Å². The van der Waals surface area contributed by atoms with Crippen LogP contribution in [0.4, 0.5) is 14.6 Å². The van der Waals surface area contributed by atoms with Crippen LogP contribution in [-0.2, 0) is 6.42 Å². The number of halogens is 2. The van der Waals surface area contributed by atoms with E-state index in [2.05, 4.69) is 25.5 Å². The number of ether oxygens (including phenoxy) is 1. The van der Waals surface area contributed by atoms with Gasteiger partial charge in [-0.25, -0.2) is 18.7 Å². The van der Waals surface area contributed by atoms with Crippen molar-refractivity contribution in [3.8, 4) is 16.9 Å². The van der Waals surface area contributed by atoms with Gasteiger partial charge in [-0.3, -0.25) is 9.89 Å². The second-order valence-electron chi connectivity index (χ2n) is 9.66. The minimum absolute atomic E-state index is 0.104. The molecule has 0 aliphatic heterocycles. The predicted molar refractivity (Wildman–Crippen MR) is 139 cm³/mol. The fourth-order valence-corrected chi connectivity index (χ4v) is 3.85. The summed E-state index contributed by atoms with van der Waals surface area (Å²) >= 11 is 0. The predicted octanol–water partition coefficient (Wildman–Crippen LogP) is 5.23. The number of pyridine rings is 1. The second-order valence-corrected chi connectivity index (χ2v) is 9.66. The van der Waals surface area contributed by atoms with E-state index in [0.29, 0.717) is 36.0 Å². The summed E-state index contributed by atoms with van der Waals surface area (Å²) < 4.78 is 32.5. The van der Waals surface area contributed by atoms with Crippen molar-refractivity contribution in [3.05, 3.63) is 89.1 Å². The monoisotopic (exact) mass is 521 g/mol. The van der Waals surface area contributed by atoms with E-state index in [1.54, 1.807) is 26.1 Å². The van der Waals surface area contributed by atoms with Gasteiger partial charge >= 0.3 is 0 Å². The lowest BCUT2D eigenvalue weighted by atomic mass is 10.0. The number of carbonyl (C=O) groups is 1. The van der Waals surface area contributed by atoms with Gasteiger partial charge in [0, 0.05) is 12.6 Å². The molecule has 0 radical (unpaired) electrons. The Morgan fingerprint density at radius 1 is 1.11 bits per heavy atom. The second kappa shape index (κ2) is 11.5. The van der Waals surface area contributed by atoms with Gasteiger partial charge in [0.15, 0.2) is 11.6 Å². The van der Waals surface area contributed by atoms with Crippen LogP contribution in [0.1, 0.15) is 54.3 Å². The number of aromatic nitrogens is 4. The molecule has 10 heteroatoms. The number of aliphatic hydroxyl groups is 1. The molecule has 2 aromatic heterocycles. The summed E-state index contributed by atoms with van der Waals surface area (Å²) in [4.78, 5) is 21.1. The molecular formula is C28H29F2N5O3. The molecule has 0 aliphatic rings. The number of hydrogen-bond acceptors (Lipinski definition) is 6. The van der Waals surface area contributed by atoms with Crippen LogP contribution in [0.3, 0.4) is 0 Å². The maximum atomic E-state index is 13.5. The molecule has 0 spiro atoms. The SMILES string of the molecule is Cc1ccc(OCCCC(C)(C)O)cc1-c1ccnc(NC(=O)c2n[nH]c(Cc3ccc(F)c(F)c3)n2)c1. The third kappa shape index (κ3) is 7.19. The van der Waals surface area contributed by atoms with Crippen LogP contribution in [0, 0.1) is 18.6 Å². The van der Waals surface area contributed by atoms with E-state index in [9.17, 15) is 18.7 Å². The number of carbonyl (C=O) groups excluding carboxylic acids is 1. The third-order valence-electron chi connectivity index (χ3n) is 5.81. The Morgan fingerprint density at radius 2 is 1.92 bits per heavy atom. The first-order valence-corrected chi connectivity index (χ1v) is 12.2. The molecule has 0 bridgehead atoms. The fourth-order valence-electron chi connectivity index (χ4n) is 3.85. The Morgan fingerprint density at radius 3 is 2.68 bits per heavy atom. The molecule has 0 fully saturated rings. The normalized spacial score (nSPS) is 11.4. The van der Waals surface area contributed by atoms with Gasteiger partial charge in [0.05, 0.1) is 12.2 Å². The number of aryl methyl sites for hydroxylation is 1. The molecule has 0 saturated heterocycles. The summed E-state index contributed by atoms with van der Waals surface area (Å²) in [5.41, 5.74) is 2.54. The number of aromatic amines is 1. The molecule has 0 aliphatic carbocycles. The van der Waals surface area contributed by atoms with E-state index in [-0.39, 0.29) is 12.2 Å². The number of benzene rings is 2. The zero-order valence-corrected chi connectivity index (χ0v) is 21.4. The zero-order chi connectivity index (χ0) is 27.3. The molecule has 2 heterocycles. The highest BCUT2D eigenvalue weighted by Crippen LogP contribution is 2.29. The molecule has 2 aromatic carbocycles. The van der Waals surface area contributed by atoms with Gasteiger partial charge in [-0.2, -0.15) is 0 Å². The summed E-state index contributed by atoms with van der Waals surface area (Å²) in [6.07, 6.45) is 3.10. The molecule has 0 saturated carbocycles. The van der Waals surface area contributed by atoms with E-state index < -0.39 is 23.1 Å². The van der Waals surface area contributed by atoms with Gasteiger partial charge < -0.3 is 15.2 Å². The minimum atomic E-state index is -0.955. The first-order valence-electron chi connectivity index (χ1n) is 12.2. The van der Waals surface area contributed by atoms with E-state index in [0.717, 1.165) is 35.2 Å². The summed E-state index contributed by atoms with van der Waals surface area (Å²) in [5, 5.41) is 19.1. The van der Waals surface area contributed by atoms with Crippen molar-refractivity contribution in [1.82, 2.24) is 20.2 Å². The number of nitrogens with zero attached hydrogens (tertiary/aromatic N) is 3. The first-order chi connectivity index (χ1) is 18.1. The molecule has 198 valence electrons. The van der Waals surface area contributed by atoms with Crippen molar-refractivity contribution >= 4 is 11.7 Å². The van der Waals surface area contributed by atoms with E-state index >= 15 is 0 Å². The number of rotatable bonds is 10. The van der Waals surface area contributed by atoms with Gasteiger partial charge in [0.1, 0.15) is 17.4 Å². The topological polar surface area (TPSA) is 113 Å². The van der Waals surface area contributed by atoms with Crippen molar-refractivity contribution < 1.29 is 23.4 Å². The number of amides is 1. The van der Waals surface area contributed by atoms with Crippen molar-refractivity contribution in [2.45, 2.75) is 45.6 Å². The number of anilines is 1. The molecular weight excluding hydrogens is 492 g/mol. The molecule has 8 nitrogen and oxygen atoms in total. The first kappa shape index (κ1) is 26.9. The standard InChI is InChI=1S/C28H29F2N5O3/c1-17-5-7-20(38-12-4-10-28(2,3)37)16-21(17)19-9-11-31-24(15-19)33-27(36)26-32-25(34-35-26)14-18-6-8-22(29)23(30)13-18/h5-9,11,13,15-16,37H,4,10,12,14H2,1-3H3,(H,31,33,36)(H,32,34,35). The average Bonchev–Trinajstić information content (AvgIpc) is 3.33. The van der Waals surface area contributed by atoms with Crippen molar-refractivity contribution in [1.29, 1.82) is 0 Å². The minimum Gasteiger partial charge on any atom is -0.494 e. The summed E-state index contributed by atoms with van der Waals surface area (Å²) in [7, 11) is 0. The van der Waals surface area contributed by atoms with Crippen LogP contribution in [0.5, 0.6) is 5.75 Å². The maximum Gasteiger partial charge on any atom is 0.296 e. The molecule has 4 aromatic rings. The number of H-pyrrole nitrogens is 1. The average molecular weight is 522 g/mol. The lowest BCUT2D eigenvalue weighted by molar-refractivity contribution is 0.0641. The lowest BCUT2D eigenvalue weighted by Gasteiger charge is -2.17. The Labute approximate surface area is 219 Å². The van der Waals surface area contributed by atoms with E-state index in [4.69, 9.17) is 4.74 Å². The van der Waals surface area contributed by atoms with Crippen LogP contribution in [0.2, 0.25) is 0 Å². The molecule has 3 N–H and O–H groups in total. The molecule has 38 heavy (non-hydrogen) atoms. The molecule has 4 rings (SSSR count). The van der Waals surface area contributed by atoms with Gasteiger partial charge in [-0.05, 0) is 92.3 Å². The van der Waals surface area contributed by atoms with Crippen molar-refractivity contribution in [3.63, 3.8) is 0 Å². The smallest absolute Gasteiger partial charge is 0.296 e. The van der Waals surface area contributed by atoms with Crippen LogP contribution in [0.25, 0.3) is 11.1 Å². The van der Waals surface area contributed by atoms with E-state index in [1.165, 1.54) is 6.07 Å². The number of hydrogen-bond donors (Lipinski definition) is 3. The van der Waals surface area contributed by atoms with Gasteiger partial charge in [0.25, 0.3) is 5.91 Å². The van der Waals surface area contributed by atoms with Crippen LogP contribution < -0.4 is 10.1 Å². The van der Waals surface area contributed by atoms with Gasteiger partial charge in [-0.15, -0.1) is 5.10 Å². The molecule has 1 amide bonds. The zero-order valence-electron chi connectivity index (χ0n) is 21.4.